The van der Waals surface area contributed by atoms with Crippen molar-refractivity contribution in [1.82, 2.24) is 0 Å². The van der Waals surface area contributed by atoms with Crippen LogP contribution in [0.2, 0.25) is 0 Å². The van der Waals surface area contributed by atoms with Gasteiger partial charge < -0.3 is 18.9 Å². The maximum absolute atomic E-state index is 11.1. The van der Waals surface area contributed by atoms with Crippen molar-refractivity contribution in [2.24, 2.45) is 0 Å². The van der Waals surface area contributed by atoms with Crippen LogP contribution in [0.4, 0.5) is 0 Å². The molecule has 0 spiro atoms. The zero-order valence-corrected chi connectivity index (χ0v) is 11.3. The summed E-state index contributed by atoms with van der Waals surface area (Å²) < 4.78 is 22.4. The van der Waals surface area contributed by atoms with E-state index in [2.05, 4.69) is 0 Å². The zero-order valence-electron chi connectivity index (χ0n) is 10.6. The maximum atomic E-state index is 11.1. The van der Waals surface area contributed by atoms with Crippen LogP contribution in [0, 0.1) is 0 Å². The Kier molecular flexibility index (Phi) is 4.08. The minimum atomic E-state index is -0.674. The average Bonchev–Trinajstić information content (AvgIpc) is 2.76. The highest BCUT2D eigenvalue weighted by Crippen LogP contribution is 2.38. The molecule has 2 aliphatic heterocycles. The van der Waals surface area contributed by atoms with Crippen molar-refractivity contribution in [3.8, 4) is 0 Å². The number of hydrogen-bond donors (Lipinski definition) is 0. The molecule has 0 bridgehead atoms. The quantitative estimate of drug-likeness (QED) is 0.571. The number of halogens is 1. The lowest BCUT2D eigenvalue weighted by atomic mass is 10.1. The molecule has 102 valence electrons. The average molecular weight is 277 g/mol. The Balaban J connectivity index is 2.04. The molecule has 18 heavy (non-hydrogen) atoms. The molecule has 0 radical (unpaired) electrons. The van der Waals surface area contributed by atoms with Crippen molar-refractivity contribution in [2.45, 2.75) is 44.2 Å². The molecule has 2 fully saturated rings. The minimum absolute atomic E-state index is 0.0479. The fraction of sp³-hybridized carbons (Fsp3) is 0.750. The molecule has 2 aliphatic rings. The summed E-state index contributed by atoms with van der Waals surface area (Å²) in [6.07, 6.45) is 1.62. The Labute approximate surface area is 111 Å². The van der Waals surface area contributed by atoms with Gasteiger partial charge in [-0.3, -0.25) is 4.79 Å². The fourth-order valence-electron chi connectivity index (χ4n) is 2.17. The van der Waals surface area contributed by atoms with Crippen LogP contribution in [0.25, 0.3) is 0 Å². The van der Waals surface area contributed by atoms with Gasteiger partial charge >= 0.3 is 0 Å². The largest absolute Gasteiger partial charge is 0.375 e. The van der Waals surface area contributed by atoms with E-state index in [1.165, 1.54) is 6.08 Å². The summed E-state index contributed by atoms with van der Waals surface area (Å²) in [7, 11) is 1.58. The van der Waals surface area contributed by atoms with Gasteiger partial charge in [-0.25, -0.2) is 0 Å². The number of alkyl halides is 1. The van der Waals surface area contributed by atoms with E-state index >= 15 is 0 Å². The highest BCUT2D eigenvalue weighted by Gasteiger charge is 2.54. The van der Waals surface area contributed by atoms with Crippen molar-refractivity contribution in [3.63, 3.8) is 0 Å². The predicted molar refractivity (Wildman–Crippen MR) is 64.4 cm³/mol. The smallest absolute Gasteiger partial charge is 0.190 e. The molecular weight excluding hydrogens is 260 g/mol. The van der Waals surface area contributed by atoms with Crippen LogP contribution < -0.4 is 0 Å². The monoisotopic (exact) mass is 276 g/mol. The predicted octanol–water partition coefficient (Wildman–Crippen LogP) is 1.24. The SMILES string of the molecule is COC1C(C=CC(=O)CCl)OC2OC(C)(C)OC21. The molecule has 0 saturated carbocycles. The highest BCUT2D eigenvalue weighted by molar-refractivity contribution is 6.29. The molecule has 6 heteroatoms. The molecule has 2 rings (SSSR count). The number of allylic oxidation sites excluding steroid dienone is 1. The molecular formula is C12H17ClO5. The first-order valence-corrected chi connectivity index (χ1v) is 6.31. The third kappa shape index (κ3) is 2.75. The molecule has 4 unspecified atom stereocenters. The van der Waals surface area contributed by atoms with Crippen molar-refractivity contribution >= 4 is 17.4 Å². The second-order valence-electron chi connectivity index (χ2n) is 4.73. The Morgan fingerprint density at radius 3 is 2.78 bits per heavy atom. The first-order chi connectivity index (χ1) is 8.46. The third-order valence-corrected chi connectivity index (χ3v) is 3.17. The Bertz CT molecular complexity index is 354. The Morgan fingerprint density at radius 2 is 2.17 bits per heavy atom. The minimum Gasteiger partial charge on any atom is -0.375 e. The second-order valence-corrected chi connectivity index (χ2v) is 5.00. The van der Waals surface area contributed by atoms with Crippen LogP contribution in [0.15, 0.2) is 12.2 Å². The van der Waals surface area contributed by atoms with Gasteiger partial charge in [-0.15, -0.1) is 11.6 Å². The number of hydrogen-bond acceptors (Lipinski definition) is 5. The molecule has 2 heterocycles. The van der Waals surface area contributed by atoms with E-state index < -0.39 is 12.1 Å². The van der Waals surface area contributed by atoms with Gasteiger partial charge in [0.05, 0.1) is 5.88 Å². The summed E-state index contributed by atoms with van der Waals surface area (Å²) in [5, 5.41) is 0. The lowest BCUT2D eigenvalue weighted by Crippen LogP contribution is -2.35. The standard InChI is InChI=1S/C12H17ClO5/c1-12(2)17-10-9(15-3)8(16-11(10)18-12)5-4-7(14)6-13/h4-5,8-11H,6H2,1-3H3. The number of ether oxygens (including phenoxy) is 4. The van der Waals surface area contributed by atoms with E-state index in [9.17, 15) is 4.79 Å². The molecule has 0 amide bonds. The number of fused-ring (bicyclic) bond motifs is 1. The van der Waals surface area contributed by atoms with Gasteiger partial charge in [-0.05, 0) is 26.0 Å². The lowest BCUT2D eigenvalue weighted by Gasteiger charge is -2.23. The van der Waals surface area contributed by atoms with Crippen LogP contribution in [0.1, 0.15) is 13.8 Å². The van der Waals surface area contributed by atoms with Crippen LogP contribution in [-0.2, 0) is 23.7 Å². The summed E-state index contributed by atoms with van der Waals surface area (Å²) in [6, 6.07) is 0. The maximum Gasteiger partial charge on any atom is 0.190 e. The molecule has 0 aromatic rings. The third-order valence-electron chi connectivity index (χ3n) is 2.90. The van der Waals surface area contributed by atoms with Crippen molar-refractivity contribution in [1.29, 1.82) is 0 Å². The lowest BCUT2D eigenvalue weighted by molar-refractivity contribution is -0.210. The van der Waals surface area contributed by atoms with Crippen molar-refractivity contribution in [3.05, 3.63) is 12.2 Å². The fourth-order valence-corrected chi connectivity index (χ4v) is 2.26. The number of methoxy groups -OCH3 is 1. The Hall–Kier alpha value is -0.460. The molecule has 5 nitrogen and oxygen atoms in total. The van der Waals surface area contributed by atoms with Crippen LogP contribution in [0.3, 0.4) is 0 Å². The van der Waals surface area contributed by atoms with Crippen molar-refractivity contribution in [2.75, 3.05) is 13.0 Å². The van der Waals surface area contributed by atoms with Crippen LogP contribution in [-0.4, -0.2) is 49.2 Å². The second kappa shape index (κ2) is 5.27. The van der Waals surface area contributed by atoms with Gasteiger partial charge in [0.15, 0.2) is 17.9 Å². The molecule has 0 aromatic carbocycles. The molecule has 4 atom stereocenters. The van der Waals surface area contributed by atoms with Gasteiger partial charge in [0, 0.05) is 7.11 Å². The van der Waals surface area contributed by atoms with Crippen molar-refractivity contribution < 1.29 is 23.7 Å². The summed E-state index contributed by atoms with van der Waals surface area (Å²) >= 11 is 5.42. The highest BCUT2D eigenvalue weighted by atomic mass is 35.5. The van der Waals surface area contributed by atoms with Gasteiger partial charge in [-0.1, -0.05) is 0 Å². The van der Waals surface area contributed by atoms with Gasteiger partial charge in [0.25, 0.3) is 0 Å². The van der Waals surface area contributed by atoms with Crippen LogP contribution >= 0.6 is 11.6 Å². The summed E-state index contributed by atoms with van der Waals surface area (Å²) in [6.45, 7) is 3.65. The summed E-state index contributed by atoms with van der Waals surface area (Å²) in [4.78, 5) is 11.1. The zero-order chi connectivity index (χ0) is 13.3. The number of carbonyl (C=O) groups excluding carboxylic acids is 1. The topological polar surface area (TPSA) is 54.0 Å². The van der Waals surface area contributed by atoms with E-state index in [1.54, 1.807) is 13.2 Å². The molecule has 2 saturated heterocycles. The van der Waals surface area contributed by atoms with Gasteiger partial charge in [-0.2, -0.15) is 0 Å². The number of rotatable bonds is 4. The normalized spacial score (nSPS) is 38.2. The first kappa shape index (κ1) is 14.0. The number of carbonyl (C=O) groups is 1. The van der Waals surface area contributed by atoms with Gasteiger partial charge in [0.1, 0.15) is 18.3 Å². The van der Waals surface area contributed by atoms with Gasteiger partial charge in [0.2, 0.25) is 0 Å². The molecule has 0 N–H and O–H groups in total. The van der Waals surface area contributed by atoms with E-state index in [-0.39, 0.29) is 30.0 Å². The van der Waals surface area contributed by atoms with Crippen LogP contribution in [0.5, 0.6) is 0 Å². The summed E-state index contributed by atoms with van der Waals surface area (Å²) in [5.74, 6) is -0.894. The first-order valence-electron chi connectivity index (χ1n) is 5.78. The van der Waals surface area contributed by atoms with E-state index in [1.807, 2.05) is 13.8 Å². The molecule has 0 aromatic heterocycles. The molecule has 0 aliphatic carbocycles. The van der Waals surface area contributed by atoms with E-state index in [0.29, 0.717) is 0 Å². The summed E-state index contributed by atoms with van der Waals surface area (Å²) in [5.41, 5.74) is 0. The van der Waals surface area contributed by atoms with E-state index in [4.69, 9.17) is 30.5 Å². The Morgan fingerprint density at radius 1 is 1.44 bits per heavy atom. The van der Waals surface area contributed by atoms with E-state index in [0.717, 1.165) is 0 Å². The number of ketones is 1.